The van der Waals surface area contributed by atoms with E-state index in [1.165, 1.54) is 10.9 Å². The van der Waals surface area contributed by atoms with Crippen LogP contribution in [0.3, 0.4) is 0 Å². The minimum atomic E-state index is -4.90. The fourth-order valence-corrected chi connectivity index (χ4v) is 6.26. The van der Waals surface area contributed by atoms with Crippen molar-refractivity contribution in [2.45, 2.75) is 30.8 Å². The Bertz CT molecular complexity index is 1350. The summed E-state index contributed by atoms with van der Waals surface area (Å²) in [6.45, 7) is -0.557. The molecule has 3 heterocycles. The number of nitrogens with zero attached hydrogens (tertiary/aromatic N) is 4. The number of benzene rings is 1. The molecule has 1 aliphatic heterocycles. The summed E-state index contributed by atoms with van der Waals surface area (Å²) in [5.74, 6) is -3.90. The van der Waals surface area contributed by atoms with Crippen LogP contribution in [0, 0.1) is 0 Å². The standard InChI is InChI=1S/C19H26N6O10P2/c1-20-18-23-15(21-7-11-5-3-2-4-6-11)13-16(24-18)25(9-22-13)17-14(26)19(27,28)12(35-17)8-34-37(32,33)10-36(29,30)31/h2-6,9,12,14,17,26-28H,7-8,10H2,1H3,(H,32,33)(H2,29,30,31)(H2,20,21,23,24)/t12-,14+,17-/m1/s1. The fourth-order valence-electron chi connectivity index (χ4n) is 3.70. The quantitative estimate of drug-likeness (QED) is 0.118. The van der Waals surface area contributed by atoms with Crippen LogP contribution in [-0.2, 0) is 24.9 Å². The van der Waals surface area contributed by atoms with E-state index in [0.29, 0.717) is 12.4 Å². The van der Waals surface area contributed by atoms with E-state index < -0.39 is 51.9 Å². The molecule has 37 heavy (non-hydrogen) atoms. The van der Waals surface area contributed by atoms with Gasteiger partial charge in [0.05, 0.1) is 12.9 Å². The smallest absolute Gasteiger partial charge is 0.340 e. The van der Waals surface area contributed by atoms with Gasteiger partial charge in [0.25, 0.3) is 0 Å². The molecule has 0 bridgehead atoms. The maximum Gasteiger partial charge on any atom is 0.340 e. The first-order valence-corrected chi connectivity index (χ1v) is 14.4. The zero-order valence-corrected chi connectivity index (χ0v) is 21.1. The average molecular weight is 560 g/mol. The fraction of sp³-hybridized carbons (Fsp3) is 0.421. The molecule has 202 valence electrons. The van der Waals surface area contributed by atoms with Crippen LogP contribution < -0.4 is 10.6 Å². The number of hydrogen-bond acceptors (Lipinski definition) is 12. The number of hydrogen-bond donors (Lipinski definition) is 8. The molecule has 0 aliphatic carbocycles. The van der Waals surface area contributed by atoms with E-state index in [4.69, 9.17) is 14.5 Å². The Morgan fingerprint density at radius 3 is 2.51 bits per heavy atom. The number of ether oxygens (including phenoxy) is 1. The number of rotatable bonds is 10. The van der Waals surface area contributed by atoms with Gasteiger partial charge in [-0.15, -0.1) is 0 Å². The van der Waals surface area contributed by atoms with Crippen molar-refractivity contribution in [1.82, 2.24) is 19.5 Å². The van der Waals surface area contributed by atoms with Crippen molar-refractivity contribution in [1.29, 1.82) is 0 Å². The minimum Gasteiger partial charge on any atom is -0.383 e. The molecular formula is C19H26N6O10P2. The van der Waals surface area contributed by atoms with Crippen molar-refractivity contribution in [2.75, 3.05) is 30.2 Å². The predicted octanol–water partition coefficient (Wildman–Crippen LogP) is -0.244. The number of fused-ring (bicyclic) bond motifs is 1. The summed E-state index contributed by atoms with van der Waals surface area (Å²) in [7, 11) is -8.13. The van der Waals surface area contributed by atoms with Gasteiger partial charge in [-0.05, 0) is 5.56 Å². The van der Waals surface area contributed by atoms with Crippen LogP contribution in [0.5, 0.6) is 0 Å². The maximum atomic E-state index is 11.9. The van der Waals surface area contributed by atoms with Crippen LogP contribution in [0.2, 0.25) is 0 Å². The Morgan fingerprint density at radius 1 is 1.16 bits per heavy atom. The lowest BCUT2D eigenvalue weighted by Crippen LogP contribution is -2.49. The largest absolute Gasteiger partial charge is 0.383 e. The lowest BCUT2D eigenvalue weighted by Gasteiger charge is -2.25. The monoisotopic (exact) mass is 560 g/mol. The number of aliphatic hydroxyl groups excluding tert-OH is 1. The summed E-state index contributed by atoms with van der Waals surface area (Å²) in [4.78, 5) is 40.5. The molecule has 18 heteroatoms. The van der Waals surface area contributed by atoms with Gasteiger partial charge >= 0.3 is 15.2 Å². The summed E-state index contributed by atoms with van der Waals surface area (Å²) >= 11 is 0. The number of anilines is 2. The first kappa shape index (κ1) is 27.5. The molecule has 16 nitrogen and oxygen atoms in total. The van der Waals surface area contributed by atoms with Crippen molar-refractivity contribution in [3.05, 3.63) is 42.2 Å². The number of aromatic nitrogens is 4. The Kier molecular flexibility index (Phi) is 7.70. The van der Waals surface area contributed by atoms with Crippen LogP contribution in [0.1, 0.15) is 11.8 Å². The van der Waals surface area contributed by atoms with Crippen molar-refractivity contribution in [3.8, 4) is 0 Å². The van der Waals surface area contributed by atoms with E-state index in [9.17, 15) is 29.3 Å². The molecule has 0 amide bonds. The maximum absolute atomic E-state index is 11.9. The van der Waals surface area contributed by atoms with Gasteiger partial charge in [0.15, 0.2) is 35.2 Å². The molecule has 0 radical (unpaired) electrons. The van der Waals surface area contributed by atoms with Crippen molar-refractivity contribution < 1.29 is 48.4 Å². The van der Waals surface area contributed by atoms with Crippen molar-refractivity contribution in [2.24, 2.45) is 0 Å². The molecule has 3 aromatic rings. The average Bonchev–Trinajstić information content (AvgIpc) is 3.33. The minimum absolute atomic E-state index is 0.158. The van der Waals surface area contributed by atoms with Crippen LogP contribution in [0.4, 0.5) is 11.8 Å². The number of imidazole rings is 1. The molecule has 0 spiro atoms. The molecule has 1 saturated heterocycles. The zero-order chi connectivity index (χ0) is 27.0. The first-order valence-electron chi connectivity index (χ1n) is 10.8. The molecule has 0 saturated carbocycles. The lowest BCUT2D eigenvalue weighted by atomic mass is 10.1. The molecule has 1 unspecified atom stereocenters. The van der Waals surface area contributed by atoms with Gasteiger partial charge in [-0.25, -0.2) is 4.98 Å². The van der Waals surface area contributed by atoms with Crippen molar-refractivity contribution in [3.63, 3.8) is 0 Å². The Hall–Kier alpha value is -2.49. The lowest BCUT2D eigenvalue weighted by molar-refractivity contribution is -0.234. The zero-order valence-electron chi connectivity index (χ0n) is 19.3. The predicted molar refractivity (Wildman–Crippen MR) is 128 cm³/mol. The second-order valence-corrected chi connectivity index (χ2v) is 12.3. The molecule has 1 fully saturated rings. The molecule has 4 atom stereocenters. The highest BCUT2D eigenvalue weighted by atomic mass is 31.2. The van der Waals surface area contributed by atoms with Crippen LogP contribution >= 0.6 is 15.2 Å². The molecule has 4 rings (SSSR count). The third-order valence-corrected chi connectivity index (χ3v) is 8.95. The van der Waals surface area contributed by atoms with E-state index >= 15 is 0 Å². The summed E-state index contributed by atoms with van der Waals surface area (Å²) < 4.78 is 34.4. The third-order valence-electron chi connectivity index (χ3n) is 5.50. The number of nitrogens with one attached hydrogen (secondary N) is 2. The van der Waals surface area contributed by atoms with Crippen molar-refractivity contribution >= 4 is 38.1 Å². The Balaban J connectivity index is 1.59. The van der Waals surface area contributed by atoms with Gasteiger partial charge in [-0.2, -0.15) is 9.97 Å². The number of aliphatic hydroxyl groups is 3. The van der Waals surface area contributed by atoms with Gasteiger partial charge < -0.3 is 49.9 Å². The van der Waals surface area contributed by atoms with Gasteiger partial charge in [0, 0.05) is 13.6 Å². The van der Waals surface area contributed by atoms with E-state index in [0.717, 1.165) is 5.56 Å². The molecular weight excluding hydrogens is 534 g/mol. The van der Waals surface area contributed by atoms with E-state index in [2.05, 4.69) is 30.1 Å². The highest BCUT2D eigenvalue weighted by Gasteiger charge is 2.56. The SMILES string of the molecule is CNc1nc(NCc2ccccc2)c2ncn([C@@H]3O[C@H](COP(=O)(O)CP(=O)(O)O)C(O)(O)[C@H]3O)c2n1. The third kappa shape index (κ3) is 6.16. The molecule has 1 aliphatic rings. The Morgan fingerprint density at radius 2 is 1.86 bits per heavy atom. The van der Waals surface area contributed by atoms with E-state index in [-0.39, 0.29) is 17.1 Å². The molecule has 2 aromatic heterocycles. The van der Waals surface area contributed by atoms with Gasteiger partial charge in [0.2, 0.25) is 11.7 Å². The van der Waals surface area contributed by atoms with E-state index in [1.54, 1.807) is 7.05 Å². The van der Waals surface area contributed by atoms with Gasteiger partial charge in [-0.3, -0.25) is 13.7 Å². The summed E-state index contributed by atoms with van der Waals surface area (Å²) in [5, 5.41) is 37.5. The van der Waals surface area contributed by atoms with Crippen LogP contribution in [-0.4, -0.2) is 87.1 Å². The molecule has 8 N–H and O–H groups in total. The van der Waals surface area contributed by atoms with Gasteiger partial charge in [0.1, 0.15) is 6.10 Å². The normalized spacial score (nSPS) is 23.2. The van der Waals surface area contributed by atoms with Crippen LogP contribution in [0.25, 0.3) is 11.2 Å². The highest BCUT2D eigenvalue weighted by Crippen LogP contribution is 2.55. The summed E-state index contributed by atoms with van der Waals surface area (Å²) in [6, 6.07) is 9.49. The van der Waals surface area contributed by atoms with Crippen LogP contribution in [0.15, 0.2) is 36.7 Å². The molecule has 1 aromatic carbocycles. The highest BCUT2D eigenvalue weighted by molar-refractivity contribution is 7.70. The van der Waals surface area contributed by atoms with E-state index in [1.807, 2.05) is 30.3 Å². The second kappa shape index (κ2) is 10.3. The van der Waals surface area contributed by atoms with Gasteiger partial charge in [-0.1, -0.05) is 30.3 Å². The first-order chi connectivity index (χ1) is 17.3. The summed E-state index contributed by atoms with van der Waals surface area (Å²) in [6.07, 6.45) is -4.00. The Labute approximate surface area is 209 Å². The summed E-state index contributed by atoms with van der Waals surface area (Å²) in [5.41, 5.74) is 1.42. The second-order valence-electron chi connectivity index (χ2n) is 8.29. The topological polar surface area (TPSA) is 242 Å².